The number of carbonyl (C=O) groups is 1. The molecule has 2 aromatic rings. The Hall–Kier alpha value is -1.55. The molecule has 1 aromatic heterocycles. The maximum atomic E-state index is 11.8. The Morgan fingerprint density at radius 1 is 1.35 bits per heavy atom. The van der Waals surface area contributed by atoms with Crippen molar-refractivity contribution >= 4 is 27.4 Å². The van der Waals surface area contributed by atoms with E-state index in [9.17, 15) is 4.79 Å². The fourth-order valence-electron chi connectivity index (χ4n) is 1.61. The summed E-state index contributed by atoms with van der Waals surface area (Å²) < 4.78 is 5.82. The molecule has 0 unspecified atom stereocenters. The second-order valence-corrected chi connectivity index (χ2v) is 4.62. The van der Waals surface area contributed by atoms with Gasteiger partial charge in [-0.25, -0.2) is 0 Å². The fourth-order valence-corrected chi connectivity index (χ4v) is 2.04. The van der Waals surface area contributed by atoms with Crippen LogP contribution in [-0.2, 0) is 6.42 Å². The highest BCUT2D eigenvalue weighted by Crippen LogP contribution is 2.20. The predicted molar refractivity (Wildman–Crippen MR) is 69.9 cm³/mol. The Bertz CT molecular complexity index is 534. The van der Waals surface area contributed by atoms with E-state index in [1.165, 1.54) is 6.26 Å². The van der Waals surface area contributed by atoms with Crippen molar-refractivity contribution in [3.63, 3.8) is 0 Å². The number of halogens is 1. The summed E-state index contributed by atoms with van der Waals surface area (Å²) in [5.74, 6) is 0.373. The maximum absolute atomic E-state index is 11.8. The van der Waals surface area contributed by atoms with Crippen LogP contribution in [0.4, 0.5) is 5.69 Å². The summed E-state index contributed by atoms with van der Waals surface area (Å²) >= 11 is 3.27. The molecule has 0 radical (unpaired) electrons. The Morgan fingerprint density at radius 3 is 2.82 bits per heavy atom. The van der Waals surface area contributed by atoms with E-state index >= 15 is 0 Å². The number of hydrogen-bond donors (Lipinski definition) is 1. The normalized spacial score (nSPS) is 10.4. The van der Waals surface area contributed by atoms with Crippen LogP contribution in [0.2, 0.25) is 0 Å². The molecule has 1 aromatic carbocycles. The Balaban J connectivity index is 1.99. The Labute approximate surface area is 108 Å². The van der Waals surface area contributed by atoms with Gasteiger partial charge >= 0.3 is 0 Å². The molecule has 88 valence electrons. The number of aryl methyl sites for hydroxylation is 1. The molecule has 4 heteroatoms. The lowest BCUT2D eigenvalue weighted by Crippen LogP contribution is -2.00. The van der Waals surface area contributed by atoms with Gasteiger partial charge in [-0.1, -0.05) is 12.1 Å². The molecule has 0 amide bonds. The van der Waals surface area contributed by atoms with Crippen LogP contribution in [0.15, 0.2) is 45.5 Å². The van der Waals surface area contributed by atoms with Crippen LogP contribution in [-0.4, -0.2) is 5.78 Å². The zero-order valence-corrected chi connectivity index (χ0v) is 10.7. The second kappa shape index (κ2) is 5.19. The van der Waals surface area contributed by atoms with Gasteiger partial charge in [0.05, 0.1) is 10.7 Å². The van der Waals surface area contributed by atoms with E-state index < -0.39 is 0 Å². The van der Waals surface area contributed by atoms with Crippen LogP contribution in [0.25, 0.3) is 0 Å². The van der Waals surface area contributed by atoms with Gasteiger partial charge in [-0.3, -0.25) is 4.79 Å². The molecule has 1 heterocycles. The van der Waals surface area contributed by atoms with Gasteiger partial charge in [0.15, 0.2) is 11.5 Å². The fraction of sp³-hybridized carbons (Fsp3) is 0.154. The largest absolute Gasteiger partial charge is 0.460 e. The smallest absolute Gasteiger partial charge is 0.199 e. The first kappa shape index (κ1) is 11.9. The van der Waals surface area contributed by atoms with Gasteiger partial charge < -0.3 is 10.2 Å². The summed E-state index contributed by atoms with van der Waals surface area (Å²) in [7, 11) is 0. The summed E-state index contributed by atoms with van der Waals surface area (Å²) in [5.41, 5.74) is 7.45. The minimum absolute atomic E-state index is 0.00991. The molecule has 0 aliphatic heterocycles. The molecular weight excluding hydrogens is 282 g/mol. The lowest BCUT2D eigenvalue weighted by molar-refractivity contribution is 0.0955. The van der Waals surface area contributed by atoms with E-state index in [0.717, 1.165) is 5.56 Å². The molecule has 0 aliphatic rings. The van der Waals surface area contributed by atoms with Crippen molar-refractivity contribution < 1.29 is 9.21 Å². The molecule has 0 saturated carbocycles. The topological polar surface area (TPSA) is 56.2 Å². The van der Waals surface area contributed by atoms with E-state index in [1.807, 2.05) is 24.3 Å². The molecule has 0 atom stereocenters. The van der Waals surface area contributed by atoms with Crippen LogP contribution in [0.5, 0.6) is 0 Å². The monoisotopic (exact) mass is 293 g/mol. The van der Waals surface area contributed by atoms with Gasteiger partial charge in [-0.05, 0) is 46.1 Å². The van der Waals surface area contributed by atoms with Crippen molar-refractivity contribution in [2.45, 2.75) is 12.8 Å². The minimum Gasteiger partial charge on any atom is -0.460 e. The lowest BCUT2D eigenvalue weighted by Gasteiger charge is -2.01. The average molecular weight is 294 g/mol. The second-order valence-electron chi connectivity index (χ2n) is 3.77. The Kier molecular flexibility index (Phi) is 3.64. The molecule has 0 fully saturated rings. The first-order valence-corrected chi connectivity index (χ1v) is 6.07. The minimum atomic E-state index is -0.00991. The number of anilines is 1. The number of nitrogens with two attached hydrogens (primary N) is 1. The molecule has 3 nitrogen and oxygen atoms in total. The molecule has 0 spiro atoms. The number of nitrogen functional groups attached to an aromatic ring is 1. The Morgan fingerprint density at radius 2 is 2.18 bits per heavy atom. The van der Waals surface area contributed by atoms with Gasteiger partial charge in [0.2, 0.25) is 0 Å². The van der Waals surface area contributed by atoms with Crippen molar-refractivity contribution in [1.29, 1.82) is 0 Å². The third kappa shape index (κ3) is 2.97. The molecule has 17 heavy (non-hydrogen) atoms. The van der Waals surface area contributed by atoms with E-state index in [0.29, 0.717) is 28.8 Å². The highest BCUT2D eigenvalue weighted by Gasteiger charge is 2.13. The third-order valence-electron chi connectivity index (χ3n) is 2.46. The standard InChI is InChI=1S/C13H12BrNO2/c14-11-6-7-17-13(11)12(16)5-4-9-2-1-3-10(15)8-9/h1-3,6-8H,4-5,15H2. The van der Waals surface area contributed by atoms with E-state index in [1.54, 1.807) is 6.07 Å². The van der Waals surface area contributed by atoms with Crippen LogP contribution in [0.1, 0.15) is 22.5 Å². The number of benzene rings is 1. The number of furan rings is 1. The summed E-state index contributed by atoms with van der Waals surface area (Å²) in [5, 5.41) is 0. The molecule has 0 aliphatic carbocycles. The van der Waals surface area contributed by atoms with Gasteiger partial charge in [0, 0.05) is 12.1 Å². The van der Waals surface area contributed by atoms with Crippen molar-refractivity contribution in [3.05, 3.63) is 52.4 Å². The zero-order chi connectivity index (χ0) is 12.3. The first-order valence-electron chi connectivity index (χ1n) is 5.27. The van der Waals surface area contributed by atoms with Crippen molar-refractivity contribution in [2.75, 3.05) is 5.73 Å². The van der Waals surface area contributed by atoms with Gasteiger partial charge in [-0.15, -0.1) is 0 Å². The summed E-state index contributed by atoms with van der Waals surface area (Å²) in [6, 6.07) is 9.27. The maximum Gasteiger partial charge on any atom is 0.199 e. The van der Waals surface area contributed by atoms with Gasteiger partial charge in [0.1, 0.15) is 0 Å². The third-order valence-corrected chi connectivity index (χ3v) is 3.09. The summed E-state index contributed by atoms with van der Waals surface area (Å²) in [6.45, 7) is 0. The van der Waals surface area contributed by atoms with Crippen LogP contribution >= 0.6 is 15.9 Å². The summed E-state index contributed by atoms with van der Waals surface area (Å²) in [4.78, 5) is 11.8. The average Bonchev–Trinajstić information content (AvgIpc) is 2.72. The number of Topliss-reactive ketones (excluding diaryl/α,β-unsaturated/α-hetero) is 1. The van der Waals surface area contributed by atoms with E-state index in [-0.39, 0.29) is 5.78 Å². The number of carbonyl (C=O) groups excluding carboxylic acids is 1. The molecule has 2 rings (SSSR count). The van der Waals surface area contributed by atoms with Crippen LogP contribution < -0.4 is 5.73 Å². The highest BCUT2D eigenvalue weighted by atomic mass is 79.9. The summed E-state index contributed by atoms with van der Waals surface area (Å²) in [6.07, 6.45) is 2.57. The molecule has 0 saturated heterocycles. The van der Waals surface area contributed by atoms with Crippen molar-refractivity contribution in [1.82, 2.24) is 0 Å². The SMILES string of the molecule is Nc1cccc(CCC(=O)c2occc2Br)c1. The first-order chi connectivity index (χ1) is 8.16. The molecule has 0 bridgehead atoms. The van der Waals surface area contributed by atoms with E-state index in [4.69, 9.17) is 10.2 Å². The van der Waals surface area contributed by atoms with Crippen LogP contribution in [0.3, 0.4) is 0 Å². The number of hydrogen-bond acceptors (Lipinski definition) is 3. The highest BCUT2D eigenvalue weighted by molar-refractivity contribution is 9.10. The molecular formula is C13H12BrNO2. The van der Waals surface area contributed by atoms with Gasteiger partial charge in [-0.2, -0.15) is 0 Å². The van der Waals surface area contributed by atoms with Crippen molar-refractivity contribution in [2.24, 2.45) is 0 Å². The quantitative estimate of drug-likeness (QED) is 0.694. The zero-order valence-electron chi connectivity index (χ0n) is 9.15. The molecule has 2 N–H and O–H groups in total. The number of ketones is 1. The van der Waals surface area contributed by atoms with E-state index in [2.05, 4.69) is 15.9 Å². The number of rotatable bonds is 4. The van der Waals surface area contributed by atoms with Crippen LogP contribution in [0, 0.1) is 0 Å². The lowest BCUT2D eigenvalue weighted by atomic mass is 10.1. The van der Waals surface area contributed by atoms with Crippen molar-refractivity contribution in [3.8, 4) is 0 Å². The van der Waals surface area contributed by atoms with Gasteiger partial charge in [0.25, 0.3) is 0 Å². The predicted octanol–water partition coefficient (Wildman–Crippen LogP) is 3.44.